The second-order valence-electron chi connectivity index (χ2n) is 7.08. The summed E-state index contributed by atoms with van der Waals surface area (Å²) in [6, 6.07) is 14.5. The van der Waals surface area contributed by atoms with E-state index >= 15 is 0 Å². The maximum atomic E-state index is 12.3. The minimum Gasteiger partial charge on any atom is -0.491 e. The highest BCUT2D eigenvalue weighted by Crippen LogP contribution is 2.22. The average Bonchev–Trinajstić information content (AvgIpc) is 2.71. The van der Waals surface area contributed by atoms with Crippen LogP contribution in [0.1, 0.15) is 17.3 Å². The van der Waals surface area contributed by atoms with Crippen molar-refractivity contribution in [1.82, 2.24) is 9.80 Å². The first-order chi connectivity index (χ1) is 14.0. The molecule has 2 aromatic rings. The highest BCUT2D eigenvalue weighted by molar-refractivity contribution is 6.32. The number of rotatable bonds is 8. The zero-order chi connectivity index (χ0) is 20.6. The van der Waals surface area contributed by atoms with Crippen molar-refractivity contribution in [2.45, 2.75) is 6.92 Å². The number of amides is 1. The van der Waals surface area contributed by atoms with Crippen LogP contribution in [-0.4, -0.2) is 67.4 Å². The first-order valence-corrected chi connectivity index (χ1v) is 10.1. The predicted molar refractivity (Wildman–Crippen MR) is 115 cm³/mol. The molecule has 1 amide bonds. The minimum absolute atomic E-state index is 0.0178. The summed E-state index contributed by atoms with van der Waals surface area (Å²) in [6.07, 6.45) is 0. The normalized spacial score (nSPS) is 15.1. The Hall–Kier alpha value is -2.41. The Morgan fingerprint density at radius 3 is 2.48 bits per heavy atom. The van der Waals surface area contributed by atoms with Crippen molar-refractivity contribution in [1.29, 1.82) is 0 Å². The predicted octanol–water partition coefficient (Wildman–Crippen LogP) is 3.18. The molecule has 1 aliphatic rings. The molecule has 3 rings (SSSR count). The molecule has 0 bridgehead atoms. The number of halogens is 1. The summed E-state index contributed by atoms with van der Waals surface area (Å²) in [4.78, 5) is 28.2. The Morgan fingerprint density at radius 2 is 1.76 bits per heavy atom. The Labute approximate surface area is 176 Å². The van der Waals surface area contributed by atoms with E-state index in [1.54, 1.807) is 24.3 Å². The molecule has 0 aliphatic carbocycles. The number of ketones is 1. The number of carbonyl (C=O) groups is 2. The number of anilines is 1. The van der Waals surface area contributed by atoms with E-state index in [9.17, 15) is 9.59 Å². The number of hydrogen-bond acceptors (Lipinski definition) is 5. The summed E-state index contributed by atoms with van der Waals surface area (Å²) in [6.45, 7) is 6.69. The van der Waals surface area contributed by atoms with E-state index in [0.29, 0.717) is 35.2 Å². The standard InChI is InChI=1S/C22H26ClN3O3/c1-17(27)18-5-4-6-19(15-18)24-22(28)16-26-11-9-25(10-12-26)13-14-29-21-8-3-2-7-20(21)23/h2-8,15H,9-14,16H2,1H3,(H,24,28). The smallest absolute Gasteiger partial charge is 0.238 e. The highest BCUT2D eigenvalue weighted by Gasteiger charge is 2.19. The van der Waals surface area contributed by atoms with E-state index in [0.717, 1.165) is 32.7 Å². The van der Waals surface area contributed by atoms with Crippen molar-refractivity contribution < 1.29 is 14.3 Å². The van der Waals surface area contributed by atoms with Gasteiger partial charge in [-0.2, -0.15) is 0 Å². The third kappa shape index (κ3) is 6.56. The van der Waals surface area contributed by atoms with Crippen LogP contribution in [0.5, 0.6) is 5.75 Å². The van der Waals surface area contributed by atoms with Gasteiger partial charge in [0.25, 0.3) is 0 Å². The van der Waals surface area contributed by atoms with Crippen molar-refractivity contribution in [3.8, 4) is 5.75 Å². The number of benzene rings is 2. The van der Waals surface area contributed by atoms with Crippen LogP contribution >= 0.6 is 11.6 Å². The van der Waals surface area contributed by atoms with Crippen LogP contribution in [0.4, 0.5) is 5.69 Å². The van der Waals surface area contributed by atoms with Crippen molar-refractivity contribution in [2.75, 3.05) is 51.2 Å². The van der Waals surface area contributed by atoms with E-state index in [-0.39, 0.29) is 11.7 Å². The van der Waals surface area contributed by atoms with E-state index < -0.39 is 0 Å². The number of Topliss-reactive ketones (excluding diaryl/α,β-unsaturated/α-hetero) is 1. The van der Waals surface area contributed by atoms with Crippen LogP contribution in [0.3, 0.4) is 0 Å². The second kappa shape index (κ2) is 10.4. The van der Waals surface area contributed by atoms with Gasteiger partial charge in [-0.05, 0) is 31.2 Å². The molecule has 7 heteroatoms. The zero-order valence-electron chi connectivity index (χ0n) is 16.6. The first-order valence-electron chi connectivity index (χ1n) is 9.74. The molecule has 1 N–H and O–H groups in total. The van der Waals surface area contributed by atoms with Gasteiger partial charge in [0.05, 0.1) is 11.6 Å². The van der Waals surface area contributed by atoms with Gasteiger partial charge in [-0.15, -0.1) is 0 Å². The van der Waals surface area contributed by atoms with E-state index in [4.69, 9.17) is 16.3 Å². The van der Waals surface area contributed by atoms with Crippen LogP contribution in [0.15, 0.2) is 48.5 Å². The van der Waals surface area contributed by atoms with Gasteiger partial charge in [0.1, 0.15) is 12.4 Å². The van der Waals surface area contributed by atoms with Crippen LogP contribution in [0.25, 0.3) is 0 Å². The molecule has 1 aliphatic heterocycles. The lowest BCUT2D eigenvalue weighted by Gasteiger charge is -2.34. The number of para-hydroxylation sites is 1. The summed E-state index contributed by atoms with van der Waals surface area (Å²) >= 11 is 6.10. The number of piperazine rings is 1. The van der Waals surface area contributed by atoms with Crippen molar-refractivity contribution in [2.24, 2.45) is 0 Å². The van der Waals surface area contributed by atoms with Gasteiger partial charge >= 0.3 is 0 Å². The average molecular weight is 416 g/mol. The molecule has 0 aromatic heterocycles. The third-order valence-corrected chi connectivity index (χ3v) is 5.20. The van der Waals surface area contributed by atoms with Crippen LogP contribution in [-0.2, 0) is 4.79 Å². The van der Waals surface area contributed by atoms with Crippen LogP contribution < -0.4 is 10.1 Å². The van der Waals surface area contributed by atoms with Crippen molar-refractivity contribution in [3.63, 3.8) is 0 Å². The maximum absolute atomic E-state index is 12.3. The second-order valence-corrected chi connectivity index (χ2v) is 7.49. The number of carbonyl (C=O) groups excluding carboxylic acids is 2. The van der Waals surface area contributed by atoms with Crippen molar-refractivity contribution >= 4 is 29.0 Å². The van der Waals surface area contributed by atoms with Gasteiger partial charge in [0, 0.05) is 44.0 Å². The lowest BCUT2D eigenvalue weighted by molar-refractivity contribution is -0.117. The molecule has 0 spiro atoms. The van der Waals surface area contributed by atoms with Crippen LogP contribution in [0, 0.1) is 0 Å². The van der Waals surface area contributed by atoms with Crippen molar-refractivity contribution in [3.05, 3.63) is 59.1 Å². The van der Waals surface area contributed by atoms with Gasteiger partial charge in [-0.1, -0.05) is 35.9 Å². The maximum Gasteiger partial charge on any atom is 0.238 e. The van der Waals surface area contributed by atoms with Gasteiger partial charge in [-0.25, -0.2) is 0 Å². The SMILES string of the molecule is CC(=O)c1cccc(NC(=O)CN2CCN(CCOc3ccccc3Cl)CC2)c1. The topological polar surface area (TPSA) is 61.9 Å². The minimum atomic E-state index is -0.0683. The number of nitrogens with one attached hydrogen (secondary N) is 1. The molecular weight excluding hydrogens is 390 g/mol. The monoisotopic (exact) mass is 415 g/mol. The summed E-state index contributed by atoms with van der Waals surface area (Å²) in [5, 5.41) is 3.50. The quantitative estimate of drug-likeness (QED) is 0.671. The molecule has 0 saturated carbocycles. The molecule has 2 aromatic carbocycles. The Balaban J connectivity index is 1.37. The number of nitrogens with zero attached hydrogens (tertiary/aromatic N) is 2. The van der Waals surface area contributed by atoms with Gasteiger partial charge in [-0.3, -0.25) is 19.4 Å². The fourth-order valence-electron chi connectivity index (χ4n) is 3.24. The first kappa shape index (κ1) is 21.3. The molecule has 0 radical (unpaired) electrons. The lowest BCUT2D eigenvalue weighted by atomic mass is 10.1. The Morgan fingerprint density at radius 1 is 1.03 bits per heavy atom. The summed E-state index contributed by atoms with van der Waals surface area (Å²) < 4.78 is 5.75. The number of hydrogen-bond donors (Lipinski definition) is 1. The fraction of sp³-hybridized carbons (Fsp3) is 0.364. The highest BCUT2D eigenvalue weighted by atomic mass is 35.5. The molecule has 1 heterocycles. The molecule has 0 atom stereocenters. The molecule has 29 heavy (non-hydrogen) atoms. The largest absolute Gasteiger partial charge is 0.491 e. The fourth-order valence-corrected chi connectivity index (χ4v) is 3.43. The summed E-state index contributed by atoms with van der Waals surface area (Å²) in [5.74, 6) is 0.621. The molecule has 1 saturated heterocycles. The Bertz CT molecular complexity index is 851. The molecule has 6 nitrogen and oxygen atoms in total. The van der Waals surface area contributed by atoms with Gasteiger partial charge in [0.15, 0.2) is 5.78 Å². The number of ether oxygens (including phenoxy) is 1. The summed E-state index contributed by atoms with van der Waals surface area (Å²) in [5.41, 5.74) is 1.24. The summed E-state index contributed by atoms with van der Waals surface area (Å²) in [7, 11) is 0. The molecule has 1 fully saturated rings. The third-order valence-electron chi connectivity index (χ3n) is 4.89. The zero-order valence-corrected chi connectivity index (χ0v) is 17.3. The lowest BCUT2D eigenvalue weighted by Crippen LogP contribution is -2.49. The van der Waals surface area contributed by atoms with Crippen LogP contribution in [0.2, 0.25) is 5.02 Å². The van der Waals surface area contributed by atoms with E-state index in [2.05, 4.69) is 15.1 Å². The molecular formula is C22H26ClN3O3. The molecule has 154 valence electrons. The van der Waals surface area contributed by atoms with Gasteiger partial charge in [0.2, 0.25) is 5.91 Å². The Kier molecular flexibility index (Phi) is 7.63. The molecule has 0 unspecified atom stereocenters. The van der Waals surface area contributed by atoms with E-state index in [1.165, 1.54) is 6.92 Å². The van der Waals surface area contributed by atoms with E-state index in [1.807, 2.05) is 24.3 Å². The van der Waals surface area contributed by atoms with Gasteiger partial charge < -0.3 is 10.1 Å².